The molecule has 1 atom stereocenters. The zero-order chi connectivity index (χ0) is 13.5. The predicted molar refractivity (Wildman–Crippen MR) is 67.8 cm³/mol. The molecule has 1 amide bonds. The van der Waals surface area contributed by atoms with Gasteiger partial charge in [0.05, 0.1) is 5.69 Å². The number of nitrogens with one attached hydrogen (secondary N) is 2. The SMILES string of the molecule is Cc1ccc(NNC(=O)CCC(N)C(=O)O)cc1. The van der Waals surface area contributed by atoms with Crippen molar-refractivity contribution >= 4 is 17.6 Å². The van der Waals surface area contributed by atoms with Gasteiger partial charge in [0.15, 0.2) is 0 Å². The van der Waals surface area contributed by atoms with Crippen molar-refractivity contribution in [2.75, 3.05) is 5.43 Å². The fourth-order valence-electron chi connectivity index (χ4n) is 1.25. The number of nitrogens with two attached hydrogens (primary N) is 1. The Hall–Kier alpha value is -2.08. The molecule has 0 aliphatic carbocycles. The van der Waals surface area contributed by atoms with Crippen LogP contribution in [0.3, 0.4) is 0 Å². The number of hydrazine groups is 1. The highest BCUT2D eigenvalue weighted by Gasteiger charge is 2.13. The third kappa shape index (κ3) is 4.84. The van der Waals surface area contributed by atoms with Gasteiger partial charge in [-0.05, 0) is 25.5 Å². The lowest BCUT2D eigenvalue weighted by Crippen LogP contribution is -2.34. The minimum atomic E-state index is -1.10. The Morgan fingerprint density at radius 2 is 1.94 bits per heavy atom. The highest BCUT2D eigenvalue weighted by Crippen LogP contribution is 2.07. The van der Waals surface area contributed by atoms with E-state index >= 15 is 0 Å². The zero-order valence-corrected chi connectivity index (χ0v) is 10.1. The zero-order valence-electron chi connectivity index (χ0n) is 10.1. The van der Waals surface area contributed by atoms with Crippen LogP contribution in [-0.4, -0.2) is 23.0 Å². The van der Waals surface area contributed by atoms with Crippen molar-refractivity contribution in [2.24, 2.45) is 5.73 Å². The van der Waals surface area contributed by atoms with Crippen molar-refractivity contribution in [3.63, 3.8) is 0 Å². The molecule has 0 aliphatic rings. The van der Waals surface area contributed by atoms with Crippen molar-refractivity contribution in [3.05, 3.63) is 29.8 Å². The van der Waals surface area contributed by atoms with Gasteiger partial charge in [0, 0.05) is 6.42 Å². The second kappa shape index (κ2) is 6.61. The lowest BCUT2D eigenvalue weighted by Gasteiger charge is -2.09. The van der Waals surface area contributed by atoms with Gasteiger partial charge in [0.25, 0.3) is 0 Å². The summed E-state index contributed by atoms with van der Waals surface area (Å²) in [4.78, 5) is 21.8. The number of hydrogen-bond acceptors (Lipinski definition) is 4. The Labute approximate surface area is 105 Å². The first-order chi connectivity index (χ1) is 8.49. The van der Waals surface area contributed by atoms with Gasteiger partial charge >= 0.3 is 5.97 Å². The van der Waals surface area contributed by atoms with Crippen LogP contribution in [0, 0.1) is 6.92 Å². The maximum absolute atomic E-state index is 11.4. The Morgan fingerprint density at radius 1 is 1.33 bits per heavy atom. The molecular formula is C12H17N3O3. The first-order valence-electron chi connectivity index (χ1n) is 5.59. The number of amides is 1. The normalized spacial score (nSPS) is 11.7. The van der Waals surface area contributed by atoms with Gasteiger partial charge in [-0.3, -0.25) is 20.4 Å². The average Bonchev–Trinajstić information content (AvgIpc) is 2.35. The summed E-state index contributed by atoms with van der Waals surface area (Å²) in [5.74, 6) is -1.40. The molecule has 1 aromatic carbocycles. The molecule has 1 rings (SSSR count). The number of carboxylic acids is 1. The van der Waals surface area contributed by atoms with Crippen molar-refractivity contribution in [2.45, 2.75) is 25.8 Å². The van der Waals surface area contributed by atoms with E-state index in [1.165, 1.54) is 0 Å². The summed E-state index contributed by atoms with van der Waals surface area (Å²) in [6, 6.07) is 6.48. The quantitative estimate of drug-likeness (QED) is 0.555. The van der Waals surface area contributed by atoms with Gasteiger partial charge in [0.1, 0.15) is 6.04 Å². The molecule has 0 fully saturated rings. The van der Waals surface area contributed by atoms with Crippen LogP contribution < -0.4 is 16.6 Å². The highest BCUT2D eigenvalue weighted by atomic mass is 16.4. The molecule has 0 spiro atoms. The number of carboxylic acid groups (broad SMARTS) is 1. The Bertz CT molecular complexity index is 417. The van der Waals surface area contributed by atoms with Gasteiger partial charge in [-0.2, -0.15) is 0 Å². The molecule has 0 saturated heterocycles. The molecule has 0 saturated carbocycles. The standard InChI is InChI=1S/C12H17N3O3/c1-8-2-4-9(5-3-8)14-15-11(16)7-6-10(13)12(17)18/h2-5,10,14H,6-7,13H2,1H3,(H,15,16)(H,17,18). The third-order valence-corrected chi connectivity index (χ3v) is 2.40. The largest absolute Gasteiger partial charge is 0.480 e. The molecule has 6 heteroatoms. The number of aliphatic carboxylic acids is 1. The number of aryl methyl sites for hydroxylation is 1. The minimum Gasteiger partial charge on any atom is -0.480 e. The fraction of sp³-hybridized carbons (Fsp3) is 0.333. The van der Waals surface area contributed by atoms with Gasteiger partial charge in [-0.25, -0.2) is 0 Å². The first-order valence-corrected chi connectivity index (χ1v) is 5.59. The molecular weight excluding hydrogens is 234 g/mol. The molecule has 0 radical (unpaired) electrons. The van der Waals surface area contributed by atoms with E-state index in [1.807, 2.05) is 31.2 Å². The van der Waals surface area contributed by atoms with Crippen molar-refractivity contribution in [3.8, 4) is 0 Å². The number of benzene rings is 1. The summed E-state index contributed by atoms with van der Waals surface area (Å²) in [7, 11) is 0. The van der Waals surface area contributed by atoms with Crippen molar-refractivity contribution in [1.82, 2.24) is 5.43 Å². The molecule has 0 aliphatic heterocycles. The van der Waals surface area contributed by atoms with Crippen LogP contribution in [0.1, 0.15) is 18.4 Å². The van der Waals surface area contributed by atoms with E-state index in [-0.39, 0.29) is 18.7 Å². The van der Waals surface area contributed by atoms with Gasteiger partial charge in [-0.1, -0.05) is 17.7 Å². The van der Waals surface area contributed by atoms with E-state index in [0.29, 0.717) is 0 Å². The number of carbonyl (C=O) groups excluding carboxylic acids is 1. The van der Waals surface area contributed by atoms with Crippen LogP contribution >= 0.6 is 0 Å². The van der Waals surface area contributed by atoms with Gasteiger partial charge in [0.2, 0.25) is 5.91 Å². The molecule has 0 heterocycles. The summed E-state index contributed by atoms with van der Waals surface area (Å²) < 4.78 is 0. The molecule has 6 nitrogen and oxygen atoms in total. The average molecular weight is 251 g/mol. The van der Waals surface area contributed by atoms with E-state index in [0.717, 1.165) is 11.3 Å². The van der Waals surface area contributed by atoms with Crippen molar-refractivity contribution < 1.29 is 14.7 Å². The Morgan fingerprint density at radius 3 is 2.50 bits per heavy atom. The topological polar surface area (TPSA) is 104 Å². The molecule has 18 heavy (non-hydrogen) atoms. The van der Waals surface area contributed by atoms with Crippen LogP contribution in [-0.2, 0) is 9.59 Å². The second-order valence-corrected chi connectivity index (χ2v) is 4.02. The van der Waals surface area contributed by atoms with Gasteiger partial charge in [-0.15, -0.1) is 0 Å². The summed E-state index contributed by atoms with van der Waals surface area (Å²) >= 11 is 0. The van der Waals surface area contributed by atoms with E-state index < -0.39 is 12.0 Å². The Balaban J connectivity index is 2.29. The number of hydrogen-bond donors (Lipinski definition) is 4. The first kappa shape index (κ1) is 14.0. The summed E-state index contributed by atoms with van der Waals surface area (Å²) in [6.07, 6.45) is 0.170. The van der Waals surface area contributed by atoms with E-state index in [9.17, 15) is 9.59 Å². The summed E-state index contributed by atoms with van der Waals surface area (Å²) in [6.45, 7) is 1.97. The fourth-order valence-corrected chi connectivity index (χ4v) is 1.25. The Kier molecular flexibility index (Phi) is 5.13. The highest BCUT2D eigenvalue weighted by molar-refractivity contribution is 5.79. The van der Waals surface area contributed by atoms with Crippen LogP contribution in [0.15, 0.2) is 24.3 Å². The molecule has 0 bridgehead atoms. The second-order valence-electron chi connectivity index (χ2n) is 4.02. The van der Waals surface area contributed by atoms with E-state index in [2.05, 4.69) is 10.9 Å². The molecule has 0 aromatic heterocycles. The molecule has 1 aromatic rings. The monoisotopic (exact) mass is 251 g/mol. The van der Waals surface area contributed by atoms with Crippen LogP contribution in [0.25, 0.3) is 0 Å². The molecule has 1 unspecified atom stereocenters. The number of rotatable bonds is 6. The lowest BCUT2D eigenvalue weighted by molar-refractivity contribution is -0.138. The maximum Gasteiger partial charge on any atom is 0.320 e. The summed E-state index contributed by atoms with van der Waals surface area (Å²) in [5.41, 5.74) is 12.4. The number of carbonyl (C=O) groups is 2. The molecule has 5 N–H and O–H groups in total. The maximum atomic E-state index is 11.4. The molecule has 98 valence electrons. The minimum absolute atomic E-state index is 0.0618. The number of anilines is 1. The van der Waals surface area contributed by atoms with Crippen LogP contribution in [0.5, 0.6) is 0 Å². The van der Waals surface area contributed by atoms with Crippen molar-refractivity contribution in [1.29, 1.82) is 0 Å². The van der Waals surface area contributed by atoms with E-state index in [4.69, 9.17) is 10.8 Å². The predicted octanol–water partition coefficient (Wildman–Crippen LogP) is 0.630. The summed E-state index contributed by atoms with van der Waals surface area (Å²) in [5, 5.41) is 8.56. The van der Waals surface area contributed by atoms with E-state index in [1.54, 1.807) is 0 Å². The van der Waals surface area contributed by atoms with Crippen LogP contribution in [0.4, 0.5) is 5.69 Å². The smallest absolute Gasteiger partial charge is 0.320 e. The lowest BCUT2D eigenvalue weighted by atomic mass is 10.1. The third-order valence-electron chi connectivity index (χ3n) is 2.40. The van der Waals surface area contributed by atoms with Gasteiger partial charge < -0.3 is 10.8 Å². The van der Waals surface area contributed by atoms with Crippen LogP contribution in [0.2, 0.25) is 0 Å².